The molecule has 1 amide bonds. The van der Waals surface area contributed by atoms with E-state index in [-0.39, 0.29) is 36.4 Å². The van der Waals surface area contributed by atoms with Gasteiger partial charge in [0.25, 0.3) is 5.91 Å². The van der Waals surface area contributed by atoms with Gasteiger partial charge in [-0.2, -0.15) is 13.2 Å². The van der Waals surface area contributed by atoms with Crippen LogP contribution >= 0.6 is 0 Å². The second-order valence-electron chi connectivity index (χ2n) is 12.6. The van der Waals surface area contributed by atoms with Crippen LogP contribution in [0.4, 0.5) is 18.9 Å². The lowest BCUT2D eigenvalue weighted by molar-refractivity contribution is -0.202. The lowest BCUT2D eigenvalue weighted by atomic mass is 9.84. The number of amidine groups is 1. The number of nitrogens with one attached hydrogen (secondary N) is 1. The van der Waals surface area contributed by atoms with E-state index in [1.54, 1.807) is 43.3 Å². The van der Waals surface area contributed by atoms with Gasteiger partial charge >= 0.3 is 18.1 Å². The number of benzene rings is 2. The molecule has 2 aliphatic heterocycles. The summed E-state index contributed by atoms with van der Waals surface area (Å²) in [5.74, 6) is -4.02. The van der Waals surface area contributed by atoms with Crippen LogP contribution in [0, 0.1) is 5.41 Å². The predicted molar refractivity (Wildman–Crippen MR) is 166 cm³/mol. The Kier molecular flexibility index (Phi) is 10.2. The minimum absolute atomic E-state index is 0.0897. The molecule has 14 heteroatoms. The van der Waals surface area contributed by atoms with Crippen LogP contribution in [0.3, 0.4) is 0 Å². The first-order valence-corrected chi connectivity index (χ1v) is 15.2. The van der Waals surface area contributed by atoms with Crippen LogP contribution in [0.5, 0.6) is 11.5 Å². The summed E-state index contributed by atoms with van der Waals surface area (Å²) in [5.41, 5.74) is 2.28. The molecule has 0 unspecified atom stereocenters. The van der Waals surface area contributed by atoms with Gasteiger partial charge in [0.05, 0.1) is 24.4 Å². The SMILES string of the molecule is CCOc1cc2c(cc1C(=O)N(C)C)C(=N)N(CC(=O)c1cc(N3CCCC3)c(OCC(=O)OC(=O)C(F)(F)F)c(C(C)(C)C)c1)C2. The third kappa shape index (κ3) is 7.86. The summed E-state index contributed by atoms with van der Waals surface area (Å²) in [5, 5.41) is 8.84. The van der Waals surface area contributed by atoms with Gasteiger partial charge in [-0.15, -0.1) is 0 Å². The molecule has 1 saturated heterocycles. The number of ketones is 1. The zero-order valence-electron chi connectivity index (χ0n) is 27.3. The molecule has 0 aliphatic carbocycles. The van der Waals surface area contributed by atoms with E-state index < -0.39 is 30.1 Å². The van der Waals surface area contributed by atoms with E-state index in [1.165, 1.54) is 4.90 Å². The van der Waals surface area contributed by atoms with Crippen LogP contribution in [0.25, 0.3) is 0 Å². The Morgan fingerprint density at radius 1 is 0.979 bits per heavy atom. The Labute approximate surface area is 271 Å². The normalized spacial score (nSPS) is 14.6. The number of carbonyl (C=O) groups is 4. The monoisotopic (exact) mass is 660 g/mol. The van der Waals surface area contributed by atoms with Gasteiger partial charge in [0, 0.05) is 50.4 Å². The number of anilines is 1. The maximum Gasteiger partial charge on any atom is 0.491 e. The van der Waals surface area contributed by atoms with Gasteiger partial charge < -0.3 is 28.9 Å². The fourth-order valence-electron chi connectivity index (χ4n) is 5.51. The molecule has 1 fully saturated rings. The maximum absolute atomic E-state index is 13.9. The van der Waals surface area contributed by atoms with Crippen molar-refractivity contribution < 1.29 is 46.6 Å². The van der Waals surface area contributed by atoms with Crippen molar-refractivity contribution >= 4 is 35.2 Å². The zero-order chi connectivity index (χ0) is 34.8. The highest BCUT2D eigenvalue weighted by atomic mass is 19.4. The van der Waals surface area contributed by atoms with Crippen molar-refractivity contribution in [2.24, 2.45) is 0 Å². The Hall–Kier alpha value is -4.62. The Balaban J connectivity index is 1.64. The lowest BCUT2D eigenvalue weighted by Crippen LogP contribution is -2.31. The zero-order valence-corrected chi connectivity index (χ0v) is 27.3. The minimum Gasteiger partial charge on any atom is -0.493 e. The number of Topliss-reactive ketones (excluding diaryl/α,β-unsaturated/α-hetero) is 1. The van der Waals surface area contributed by atoms with E-state index in [1.807, 2.05) is 32.6 Å². The molecule has 2 heterocycles. The minimum atomic E-state index is -5.33. The number of amides is 1. The molecule has 0 spiro atoms. The molecule has 47 heavy (non-hydrogen) atoms. The summed E-state index contributed by atoms with van der Waals surface area (Å²) >= 11 is 0. The van der Waals surface area contributed by atoms with E-state index in [0.29, 0.717) is 53.4 Å². The van der Waals surface area contributed by atoms with Crippen LogP contribution in [0.2, 0.25) is 0 Å². The van der Waals surface area contributed by atoms with Gasteiger partial charge in [0.2, 0.25) is 0 Å². The summed E-state index contributed by atoms with van der Waals surface area (Å²) in [4.78, 5) is 55.0. The summed E-state index contributed by atoms with van der Waals surface area (Å²) in [6, 6.07) is 6.60. The van der Waals surface area contributed by atoms with Crippen molar-refractivity contribution in [1.82, 2.24) is 9.80 Å². The molecule has 0 radical (unpaired) electrons. The van der Waals surface area contributed by atoms with Crippen LogP contribution in [-0.4, -0.2) is 92.4 Å². The fourth-order valence-corrected chi connectivity index (χ4v) is 5.51. The van der Waals surface area contributed by atoms with E-state index >= 15 is 0 Å². The molecular weight excluding hydrogens is 621 g/mol. The topological polar surface area (TPSA) is 130 Å². The fraction of sp³-hybridized carbons (Fsp3) is 0.485. The van der Waals surface area contributed by atoms with Crippen molar-refractivity contribution in [1.29, 1.82) is 5.41 Å². The molecule has 254 valence electrons. The third-order valence-corrected chi connectivity index (χ3v) is 7.83. The van der Waals surface area contributed by atoms with Crippen molar-refractivity contribution in [3.63, 3.8) is 0 Å². The van der Waals surface area contributed by atoms with E-state index in [4.69, 9.17) is 14.9 Å². The number of rotatable bonds is 10. The maximum atomic E-state index is 13.9. The highest BCUT2D eigenvalue weighted by Crippen LogP contribution is 2.42. The smallest absolute Gasteiger partial charge is 0.491 e. The van der Waals surface area contributed by atoms with Gasteiger partial charge in [-0.25, -0.2) is 9.59 Å². The molecule has 2 aromatic carbocycles. The first-order valence-electron chi connectivity index (χ1n) is 15.2. The summed E-state index contributed by atoms with van der Waals surface area (Å²) in [7, 11) is 3.25. The van der Waals surface area contributed by atoms with Crippen LogP contribution in [-0.2, 0) is 26.3 Å². The Morgan fingerprint density at radius 3 is 2.21 bits per heavy atom. The van der Waals surface area contributed by atoms with Crippen molar-refractivity contribution in [2.75, 3.05) is 51.8 Å². The van der Waals surface area contributed by atoms with Gasteiger partial charge in [0.15, 0.2) is 12.4 Å². The van der Waals surface area contributed by atoms with Crippen molar-refractivity contribution in [2.45, 2.75) is 58.7 Å². The standard InChI is InChI=1S/C33H39F3N4O7/c1-7-45-26-14-20-16-40(29(37)21(20)15-22(26)30(43)38(5)6)17-25(41)19-12-23(32(2,3)4)28(24(13-19)39-10-8-9-11-39)46-18-27(42)47-31(44)33(34,35)36/h12-15,37H,7-11,16-18H2,1-6H3. The largest absolute Gasteiger partial charge is 0.493 e. The van der Waals surface area contributed by atoms with Crippen LogP contribution in [0.15, 0.2) is 24.3 Å². The Morgan fingerprint density at radius 2 is 1.64 bits per heavy atom. The van der Waals surface area contributed by atoms with Crippen LogP contribution in [0.1, 0.15) is 77.9 Å². The average molecular weight is 661 g/mol. The van der Waals surface area contributed by atoms with Gasteiger partial charge in [0.1, 0.15) is 17.3 Å². The number of nitrogens with zero attached hydrogens (tertiary/aromatic N) is 3. The molecule has 2 aliphatic rings. The number of ether oxygens (including phenoxy) is 3. The number of halogens is 3. The molecule has 11 nitrogen and oxygen atoms in total. The van der Waals surface area contributed by atoms with Crippen molar-refractivity contribution in [3.8, 4) is 11.5 Å². The second kappa shape index (κ2) is 13.6. The average Bonchev–Trinajstić information content (AvgIpc) is 3.62. The molecular formula is C33H39F3N4O7. The van der Waals surface area contributed by atoms with Gasteiger partial charge in [-0.3, -0.25) is 15.0 Å². The first-order chi connectivity index (χ1) is 21.9. The number of alkyl halides is 3. The molecule has 4 rings (SSSR count). The van der Waals surface area contributed by atoms with Crippen molar-refractivity contribution in [3.05, 3.63) is 52.1 Å². The number of hydrogen-bond donors (Lipinski definition) is 1. The molecule has 0 saturated carbocycles. The van der Waals surface area contributed by atoms with E-state index in [2.05, 4.69) is 4.74 Å². The number of carbonyl (C=O) groups excluding carboxylic acids is 4. The molecule has 0 atom stereocenters. The highest BCUT2D eigenvalue weighted by Gasteiger charge is 2.42. The lowest BCUT2D eigenvalue weighted by Gasteiger charge is -2.29. The summed E-state index contributed by atoms with van der Waals surface area (Å²) in [6.45, 7) is 8.12. The summed E-state index contributed by atoms with van der Waals surface area (Å²) in [6.07, 6.45) is -3.62. The quantitative estimate of drug-likeness (QED) is 0.219. The third-order valence-electron chi connectivity index (χ3n) is 7.83. The predicted octanol–water partition coefficient (Wildman–Crippen LogP) is 4.72. The van der Waals surface area contributed by atoms with Crippen LogP contribution < -0.4 is 14.4 Å². The van der Waals surface area contributed by atoms with Gasteiger partial charge in [-0.1, -0.05) is 20.8 Å². The van der Waals surface area contributed by atoms with E-state index in [9.17, 15) is 32.3 Å². The second-order valence-corrected chi connectivity index (χ2v) is 12.6. The molecule has 0 bridgehead atoms. The highest BCUT2D eigenvalue weighted by molar-refractivity contribution is 6.08. The van der Waals surface area contributed by atoms with Gasteiger partial charge in [-0.05, 0) is 55.0 Å². The number of esters is 2. The van der Waals surface area contributed by atoms with E-state index in [0.717, 1.165) is 18.4 Å². The molecule has 2 aromatic rings. The number of hydrogen-bond acceptors (Lipinski definition) is 9. The molecule has 0 aromatic heterocycles. The molecule has 1 N–H and O–H groups in total. The Bertz CT molecular complexity index is 1590. The summed E-state index contributed by atoms with van der Waals surface area (Å²) < 4.78 is 53.2. The first kappa shape index (κ1) is 35.2. The number of fused-ring (bicyclic) bond motifs is 1.